The highest BCUT2D eigenvalue weighted by Gasteiger charge is 2.38. The Morgan fingerprint density at radius 3 is 1.85 bits per heavy atom. The van der Waals surface area contributed by atoms with Gasteiger partial charge in [-0.25, -0.2) is 14.4 Å². The van der Waals surface area contributed by atoms with Gasteiger partial charge in [0.1, 0.15) is 0 Å². The zero-order valence-corrected chi connectivity index (χ0v) is 28.2. The Morgan fingerprint density at radius 2 is 1.35 bits per heavy atom. The maximum atomic E-state index is 12.4. The molecular formula is C32H34ClF3IN2O7-. The van der Waals surface area contributed by atoms with Crippen molar-refractivity contribution in [1.82, 2.24) is 5.32 Å². The zero-order chi connectivity index (χ0) is 32.6. The van der Waals surface area contributed by atoms with E-state index in [1.54, 1.807) is 42.5 Å². The van der Waals surface area contributed by atoms with E-state index in [1.807, 2.05) is 18.2 Å². The Morgan fingerprint density at radius 1 is 0.870 bits per heavy atom. The molecule has 5 rings (SSSR count). The quantitative estimate of drug-likeness (QED) is 0.152. The first-order chi connectivity index (χ1) is 20.8. The first kappa shape index (κ1) is 40.3. The first-order valence-corrected chi connectivity index (χ1v) is 13.7. The van der Waals surface area contributed by atoms with E-state index in [9.17, 15) is 27.6 Å². The summed E-state index contributed by atoms with van der Waals surface area (Å²) in [5.74, 6) is -3.65. The molecule has 0 saturated heterocycles. The minimum atomic E-state index is -5.08. The highest BCUT2D eigenvalue weighted by Crippen LogP contribution is 2.33. The number of nitrogens with two attached hydrogens (primary N) is 1. The lowest BCUT2D eigenvalue weighted by atomic mass is 10.0. The molecule has 0 radical (unpaired) electrons. The van der Waals surface area contributed by atoms with Crippen molar-refractivity contribution in [3.8, 4) is 0 Å². The van der Waals surface area contributed by atoms with E-state index in [2.05, 4.69) is 10.1 Å². The van der Waals surface area contributed by atoms with Crippen LogP contribution in [0.15, 0.2) is 60.7 Å². The minimum absolute atomic E-state index is 0. The average molecular weight is 778 g/mol. The third kappa shape index (κ3) is 10.4. The summed E-state index contributed by atoms with van der Waals surface area (Å²) >= 11 is 6.07. The summed E-state index contributed by atoms with van der Waals surface area (Å²) in [6.07, 6.45) is -1.43. The van der Waals surface area contributed by atoms with Gasteiger partial charge in [0, 0.05) is 6.04 Å². The van der Waals surface area contributed by atoms with Crippen LogP contribution in [0, 0.1) is 7.43 Å². The van der Waals surface area contributed by atoms with E-state index >= 15 is 0 Å². The van der Waals surface area contributed by atoms with Crippen molar-refractivity contribution in [3.05, 3.63) is 112 Å². The Hall–Kier alpha value is -3.69. The molecule has 14 heteroatoms. The van der Waals surface area contributed by atoms with Gasteiger partial charge in [0.05, 0.1) is 42.0 Å². The molecule has 0 heterocycles. The summed E-state index contributed by atoms with van der Waals surface area (Å²) in [6, 6.07) is 18.0. The van der Waals surface area contributed by atoms with Gasteiger partial charge in [-0.1, -0.05) is 35.9 Å². The van der Waals surface area contributed by atoms with Crippen molar-refractivity contribution in [2.24, 2.45) is 5.73 Å². The van der Waals surface area contributed by atoms with Gasteiger partial charge in [-0.15, -0.1) is 24.0 Å². The Bertz CT molecular complexity index is 1550. The Balaban J connectivity index is 0.000000393. The number of halogens is 5. The molecule has 0 bridgehead atoms. The molecule has 9 nitrogen and oxygen atoms in total. The Kier molecular flexibility index (Phi) is 15.7. The number of rotatable bonds is 4. The predicted octanol–water partition coefficient (Wildman–Crippen LogP) is 6.66. The topological polar surface area (TPSA) is 145 Å². The number of methoxy groups -OCH3 is 2. The minimum Gasteiger partial charge on any atom is -0.475 e. The maximum Gasteiger partial charge on any atom is 0.490 e. The number of carbonyl (C=O) groups is 4. The van der Waals surface area contributed by atoms with Crippen molar-refractivity contribution >= 4 is 59.4 Å². The van der Waals surface area contributed by atoms with E-state index < -0.39 is 12.1 Å². The number of benzene rings is 3. The second-order valence-corrected chi connectivity index (χ2v) is 10.2. The van der Waals surface area contributed by atoms with Crippen LogP contribution < -0.4 is 11.1 Å². The van der Waals surface area contributed by atoms with Gasteiger partial charge < -0.3 is 33.1 Å². The van der Waals surface area contributed by atoms with Crippen molar-refractivity contribution in [2.75, 3.05) is 14.2 Å². The SMILES string of the molecule is COC(=O)c1ccc2c(c1)C(N)CC2.COC(=O)c1ccc2c(c1)C(NC(=O)c1ccccc1Cl)CC2.I.O=C(O)C(F)(F)F.[CH3-]. The second kappa shape index (κ2) is 17.9. The lowest BCUT2D eigenvalue weighted by Gasteiger charge is -2.15. The number of fused-ring (bicyclic) bond motifs is 2. The van der Waals surface area contributed by atoms with Gasteiger partial charge in [0.25, 0.3) is 5.91 Å². The standard InChI is InChI=1S/C18H16ClNO3.C11H13NO2.C2HF3O2.CH3.HI/c1-23-18(22)12-7-6-11-8-9-16(14(11)10-12)20-17(21)13-4-2-3-5-15(13)19;1-14-11(13)8-3-2-7-4-5-10(12)9(7)6-8;3-2(4,5)1(6)7;;/h2-7,10,16H,8-9H2,1H3,(H,20,21);2-3,6,10H,4-5,12H2,1H3;(H,6,7);1H3;1H/q;;;-1;. The van der Waals surface area contributed by atoms with Crippen LogP contribution >= 0.6 is 35.6 Å². The monoisotopic (exact) mass is 777 g/mol. The van der Waals surface area contributed by atoms with Gasteiger partial charge in [0.15, 0.2) is 0 Å². The van der Waals surface area contributed by atoms with Crippen LogP contribution in [-0.4, -0.2) is 49.3 Å². The number of ether oxygens (including phenoxy) is 2. The summed E-state index contributed by atoms with van der Waals surface area (Å²) in [4.78, 5) is 44.3. The Labute approximate surface area is 286 Å². The van der Waals surface area contributed by atoms with Gasteiger partial charge in [-0.2, -0.15) is 13.2 Å². The number of nitrogens with one attached hydrogen (secondary N) is 1. The van der Waals surface area contributed by atoms with E-state index in [-0.39, 0.29) is 61.3 Å². The lowest BCUT2D eigenvalue weighted by molar-refractivity contribution is -0.192. The van der Waals surface area contributed by atoms with E-state index in [4.69, 9.17) is 32.0 Å². The van der Waals surface area contributed by atoms with Crippen LogP contribution in [0.1, 0.15) is 78.3 Å². The summed E-state index contributed by atoms with van der Waals surface area (Å²) in [7, 11) is 2.74. The predicted molar refractivity (Wildman–Crippen MR) is 176 cm³/mol. The third-order valence-corrected chi connectivity index (χ3v) is 7.33. The number of aliphatic carboxylic acids is 1. The highest BCUT2D eigenvalue weighted by molar-refractivity contribution is 14.0. The molecule has 2 unspecified atom stereocenters. The van der Waals surface area contributed by atoms with Gasteiger partial charge in [-0.05, 0) is 84.3 Å². The van der Waals surface area contributed by atoms with Gasteiger partial charge >= 0.3 is 24.1 Å². The molecule has 2 aliphatic carbocycles. The molecule has 0 spiro atoms. The summed E-state index contributed by atoms with van der Waals surface area (Å²) in [5, 5.41) is 10.5. The third-order valence-electron chi connectivity index (χ3n) is 7.00. The molecule has 1 amide bonds. The van der Waals surface area contributed by atoms with Crippen molar-refractivity contribution in [2.45, 2.75) is 43.9 Å². The molecule has 250 valence electrons. The molecule has 4 N–H and O–H groups in total. The molecule has 2 atom stereocenters. The number of carboxylic acid groups (broad SMARTS) is 1. The van der Waals surface area contributed by atoms with Crippen molar-refractivity contribution < 1.29 is 46.9 Å². The van der Waals surface area contributed by atoms with Crippen LogP contribution in [0.5, 0.6) is 0 Å². The van der Waals surface area contributed by atoms with Crippen LogP contribution in [-0.2, 0) is 27.1 Å². The molecule has 46 heavy (non-hydrogen) atoms. The largest absolute Gasteiger partial charge is 0.490 e. The fraction of sp³-hybridized carbons (Fsp3) is 0.281. The number of alkyl halides is 3. The number of carboxylic acids is 1. The normalized spacial score (nSPS) is 15.5. The van der Waals surface area contributed by atoms with Gasteiger partial charge in [-0.3, -0.25) is 4.79 Å². The fourth-order valence-corrected chi connectivity index (χ4v) is 4.98. The van der Waals surface area contributed by atoms with Gasteiger partial charge in [0.2, 0.25) is 0 Å². The highest BCUT2D eigenvalue weighted by atomic mass is 127. The molecule has 3 aromatic carbocycles. The molecule has 3 aromatic rings. The molecular weight excluding hydrogens is 744 g/mol. The van der Waals surface area contributed by atoms with Crippen LogP contribution in [0.3, 0.4) is 0 Å². The molecule has 2 aliphatic rings. The zero-order valence-electron chi connectivity index (χ0n) is 25.2. The first-order valence-electron chi connectivity index (χ1n) is 13.3. The number of esters is 2. The van der Waals surface area contributed by atoms with Crippen LogP contribution in [0.25, 0.3) is 0 Å². The van der Waals surface area contributed by atoms with E-state index in [0.29, 0.717) is 21.7 Å². The molecule has 0 fully saturated rings. The molecule has 0 saturated carbocycles. The summed E-state index contributed by atoms with van der Waals surface area (Å²) in [6.45, 7) is 0. The van der Waals surface area contributed by atoms with E-state index in [1.165, 1.54) is 19.8 Å². The number of hydrogen-bond donors (Lipinski definition) is 3. The fourth-order valence-electron chi connectivity index (χ4n) is 4.76. The van der Waals surface area contributed by atoms with Crippen LogP contribution in [0.2, 0.25) is 5.02 Å². The smallest absolute Gasteiger partial charge is 0.475 e. The van der Waals surface area contributed by atoms with Crippen LogP contribution in [0.4, 0.5) is 13.2 Å². The number of hydrogen-bond acceptors (Lipinski definition) is 7. The maximum absolute atomic E-state index is 12.4. The van der Waals surface area contributed by atoms with Crippen molar-refractivity contribution in [3.63, 3.8) is 0 Å². The second-order valence-electron chi connectivity index (χ2n) is 9.80. The summed E-state index contributed by atoms with van der Waals surface area (Å²) in [5.41, 5.74) is 11.9. The molecule has 0 aliphatic heterocycles. The van der Waals surface area contributed by atoms with E-state index in [0.717, 1.165) is 42.4 Å². The number of amides is 1. The average Bonchev–Trinajstić information content (AvgIpc) is 3.58. The number of carbonyl (C=O) groups excluding carboxylic acids is 3. The summed E-state index contributed by atoms with van der Waals surface area (Å²) < 4.78 is 41.1. The lowest BCUT2D eigenvalue weighted by Crippen LogP contribution is -2.27. The molecule has 0 aromatic heterocycles. The van der Waals surface area contributed by atoms with Crippen molar-refractivity contribution in [1.29, 1.82) is 0 Å². The number of aryl methyl sites for hydroxylation is 2.